The van der Waals surface area contributed by atoms with Crippen molar-refractivity contribution in [2.75, 3.05) is 10.6 Å². The molecule has 4 heteroatoms. The lowest BCUT2D eigenvalue weighted by Crippen LogP contribution is -2.30. The van der Waals surface area contributed by atoms with Crippen LogP contribution in [0.25, 0.3) is 0 Å². The van der Waals surface area contributed by atoms with Gasteiger partial charge in [-0.3, -0.25) is 9.59 Å². The smallest absolute Gasteiger partial charge is 0.314 e. The summed E-state index contributed by atoms with van der Waals surface area (Å²) in [6.07, 6.45) is 0.788. The van der Waals surface area contributed by atoms with Crippen molar-refractivity contribution in [2.45, 2.75) is 27.2 Å². The molecule has 0 aliphatic heterocycles. The second kappa shape index (κ2) is 6.89. The van der Waals surface area contributed by atoms with Gasteiger partial charge in [-0.25, -0.2) is 0 Å². The summed E-state index contributed by atoms with van der Waals surface area (Å²) in [6, 6.07) is 13.1. The number of anilines is 2. The average Bonchev–Trinajstić information content (AvgIpc) is 2.51. The highest BCUT2D eigenvalue weighted by Crippen LogP contribution is 2.21. The van der Waals surface area contributed by atoms with Crippen LogP contribution in [0.4, 0.5) is 11.4 Å². The van der Waals surface area contributed by atoms with Gasteiger partial charge in [0.15, 0.2) is 0 Å². The molecule has 0 saturated carbocycles. The molecule has 2 N–H and O–H groups in total. The molecular weight excluding hydrogens is 276 g/mol. The Morgan fingerprint density at radius 1 is 0.864 bits per heavy atom. The van der Waals surface area contributed by atoms with Gasteiger partial charge < -0.3 is 10.6 Å². The Balaban J connectivity index is 2.13. The molecule has 2 amide bonds. The fourth-order valence-corrected chi connectivity index (χ4v) is 2.26. The summed E-state index contributed by atoms with van der Waals surface area (Å²) in [6.45, 7) is 5.80. The van der Waals surface area contributed by atoms with Gasteiger partial charge >= 0.3 is 11.8 Å². The lowest BCUT2D eigenvalue weighted by molar-refractivity contribution is -0.133. The first-order chi connectivity index (χ1) is 10.5. The summed E-state index contributed by atoms with van der Waals surface area (Å²) in [4.78, 5) is 24.2. The van der Waals surface area contributed by atoms with Crippen LogP contribution in [-0.2, 0) is 16.0 Å². The summed E-state index contributed by atoms with van der Waals surface area (Å²) in [5.74, 6) is -1.33. The van der Waals surface area contributed by atoms with Gasteiger partial charge in [0.05, 0.1) is 0 Å². The maximum atomic E-state index is 12.1. The number of carbonyl (C=O) groups is 2. The van der Waals surface area contributed by atoms with E-state index in [0.29, 0.717) is 5.69 Å². The normalized spacial score (nSPS) is 10.1. The van der Waals surface area contributed by atoms with Crippen LogP contribution in [0.1, 0.15) is 23.6 Å². The first-order valence-corrected chi connectivity index (χ1v) is 7.29. The van der Waals surface area contributed by atoms with Crippen LogP contribution >= 0.6 is 0 Å². The fraction of sp³-hybridized carbons (Fsp3) is 0.222. The number of para-hydroxylation sites is 2. The Bertz CT molecular complexity index is 708. The number of rotatable bonds is 3. The maximum absolute atomic E-state index is 12.1. The molecule has 0 radical (unpaired) electrons. The topological polar surface area (TPSA) is 58.2 Å². The SMILES string of the molecule is CCc1cccc(C)c1NC(=O)C(=O)Nc1ccccc1C. The van der Waals surface area contributed by atoms with Crippen molar-refractivity contribution >= 4 is 23.2 Å². The van der Waals surface area contributed by atoms with Crippen molar-refractivity contribution < 1.29 is 9.59 Å². The number of aryl methyl sites for hydroxylation is 3. The zero-order valence-electron chi connectivity index (χ0n) is 13.1. The van der Waals surface area contributed by atoms with E-state index >= 15 is 0 Å². The molecule has 0 heterocycles. The summed E-state index contributed by atoms with van der Waals surface area (Å²) in [5.41, 5.74) is 4.22. The van der Waals surface area contributed by atoms with E-state index in [9.17, 15) is 9.59 Å². The predicted molar refractivity (Wildman–Crippen MR) is 89.0 cm³/mol. The number of benzene rings is 2. The van der Waals surface area contributed by atoms with Crippen LogP contribution in [0.2, 0.25) is 0 Å². The van der Waals surface area contributed by atoms with Gasteiger partial charge in [0.1, 0.15) is 0 Å². The largest absolute Gasteiger partial charge is 0.318 e. The van der Waals surface area contributed by atoms with Crippen molar-refractivity contribution in [3.8, 4) is 0 Å². The van der Waals surface area contributed by atoms with Gasteiger partial charge in [0.2, 0.25) is 0 Å². The first-order valence-electron chi connectivity index (χ1n) is 7.29. The molecule has 0 bridgehead atoms. The third-order valence-corrected chi connectivity index (χ3v) is 3.58. The van der Waals surface area contributed by atoms with Gasteiger partial charge in [-0.2, -0.15) is 0 Å². The van der Waals surface area contributed by atoms with E-state index in [-0.39, 0.29) is 0 Å². The third kappa shape index (κ3) is 3.52. The summed E-state index contributed by atoms with van der Waals surface area (Å²) in [5, 5.41) is 5.35. The number of amides is 2. The van der Waals surface area contributed by atoms with Gasteiger partial charge in [-0.05, 0) is 43.0 Å². The lowest BCUT2D eigenvalue weighted by Gasteiger charge is -2.13. The minimum Gasteiger partial charge on any atom is -0.318 e. The summed E-state index contributed by atoms with van der Waals surface area (Å²) in [7, 11) is 0. The van der Waals surface area contributed by atoms with Crippen LogP contribution in [0.5, 0.6) is 0 Å². The molecule has 4 nitrogen and oxygen atoms in total. The molecule has 0 aliphatic carbocycles. The quantitative estimate of drug-likeness (QED) is 0.852. The van der Waals surface area contributed by atoms with Gasteiger partial charge in [-0.15, -0.1) is 0 Å². The van der Waals surface area contributed by atoms with E-state index in [2.05, 4.69) is 10.6 Å². The summed E-state index contributed by atoms with van der Waals surface area (Å²) >= 11 is 0. The van der Waals surface area contributed by atoms with Crippen LogP contribution in [0.15, 0.2) is 42.5 Å². The Morgan fingerprint density at radius 3 is 2.18 bits per heavy atom. The summed E-state index contributed by atoms with van der Waals surface area (Å²) < 4.78 is 0. The van der Waals surface area contributed by atoms with E-state index in [1.165, 1.54) is 0 Å². The monoisotopic (exact) mass is 296 g/mol. The molecule has 0 fully saturated rings. The highest BCUT2D eigenvalue weighted by atomic mass is 16.2. The molecule has 0 aromatic heterocycles. The van der Waals surface area contributed by atoms with Crippen molar-refractivity contribution in [1.29, 1.82) is 0 Å². The number of hydrogen-bond acceptors (Lipinski definition) is 2. The Labute approximate surface area is 130 Å². The second-order valence-electron chi connectivity index (χ2n) is 5.19. The first kappa shape index (κ1) is 15.8. The zero-order chi connectivity index (χ0) is 16.1. The molecule has 114 valence electrons. The number of hydrogen-bond donors (Lipinski definition) is 2. The Kier molecular flexibility index (Phi) is 4.94. The molecule has 2 aromatic rings. The molecule has 0 spiro atoms. The van der Waals surface area contributed by atoms with Crippen LogP contribution in [0.3, 0.4) is 0 Å². The number of carbonyl (C=O) groups excluding carboxylic acids is 2. The Morgan fingerprint density at radius 2 is 1.50 bits per heavy atom. The van der Waals surface area contributed by atoms with Crippen molar-refractivity contribution in [1.82, 2.24) is 0 Å². The van der Waals surface area contributed by atoms with E-state index in [4.69, 9.17) is 0 Å². The van der Waals surface area contributed by atoms with Crippen molar-refractivity contribution in [2.24, 2.45) is 0 Å². The van der Waals surface area contributed by atoms with E-state index in [1.807, 2.05) is 57.2 Å². The Hall–Kier alpha value is -2.62. The van der Waals surface area contributed by atoms with Crippen LogP contribution < -0.4 is 10.6 Å². The third-order valence-electron chi connectivity index (χ3n) is 3.58. The highest BCUT2D eigenvalue weighted by Gasteiger charge is 2.17. The van der Waals surface area contributed by atoms with Gasteiger partial charge in [0.25, 0.3) is 0 Å². The maximum Gasteiger partial charge on any atom is 0.314 e. The average molecular weight is 296 g/mol. The van der Waals surface area contributed by atoms with Gasteiger partial charge in [-0.1, -0.05) is 43.3 Å². The molecule has 2 rings (SSSR count). The molecule has 0 saturated heterocycles. The standard InChI is InChI=1S/C18H20N2O2/c1-4-14-10-7-9-13(3)16(14)20-18(22)17(21)19-15-11-6-5-8-12(15)2/h5-11H,4H2,1-3H3,(H,19,21)(H,20,22). The zero-order valence-corrected chi connectivity index (χ0v) is 13.1. The molecule has 0 aliphatic rings. The van der Waals surface area contributed by atoms with Gasteiger partial charge in [0, 0.05) is 11.4 Å². The van der Waals surface area contributed by atoms with Crippen LogP contribution in [0, 0.1) is 13.8 Å². The molecule has 22 heavy (non-hydrogen) atoms. The van der Waals surface area contributed by atoms with Crippen molar-refractivity contribution in [3.05, 3.63) is 59.2 Å². The van der Waals surface area contributed by atoms with Crippen molar-refractivity contribution in [3.63, 3.8) is 0 Å². The molecule has 0 unspecified atom stereocenters. The minimum atomic E-state index is -0.667. The molecule has 0 atom stereocenters. The molecule has 2 aromatic carbocycles. The van der Waals surface area contributed by atoms with E-state index in [0.717, 1.165) is 28.8 Å². The minimum absolute atomic E-state index is 0.642. The fourth-order valence-electron chi connectivity index (χ4n) is 2.26. The highest BCUT2D eigenvalue weighted by molar-refractivity contribution is 6.43. The predicted octanol–water partition coefficient (Wildman–Crippen LogP) is 3.44. The van der Waals surface area contributed by atoms with E-state index < -0.39 is 11.8 Å². The number of nitrogens with one attached hydrogen (secondary N) is 2. The van der Waals surface area contributed by atoms with E-state index in [1.54, 1.807) is 6.07 Å². The second-order valence-corrected chi connectivity index (χ2v) is 5.19. The van der Waals surface area contributed by atoms with Crippen LogP contribution in [-0.4, -0.2) is 11.8 Å². The lowest BCUT2D eigenvalue weighted by atomic mass is 10.1. The molecular formula is C18H20N2O2.